The van der Waals surface area contributed by atoms with Gasteiger partial charge in [0.15, 0.2) is 11.6 Å². The van der Waals surface area contributed by atoms with E-state index in [1.54, 1.807) is 24.3 Å². The van der Waals surface area contributed by atoms with E-state index < -0.39 is 5.82 Å². The monoisotopic (exact) mass is 446 g/mol. The fourth-order valence-corrected chi connectivity index (χ4v) is 4.24. The Bertz CT molecular complexity index is 854. The van der Waals surface area contributed by atoms with Crippen molar-refractivity contribution in [1.82, 2.24) is 10.2 Å². The van der Waals surface area contributed by atoms with Crippen molar-refractivity contribution in [3.8, 4) is 11.5 Å². The molecule has 2 aromatic rings. The maximum Gasteiger partial charge on any atom is 0.224 e. The van der Waals surface area contributed by atoms with E-state index in [2.05, 4.69) is 5.32 Å². The van der Waals surface area contributed by atoms with Crippen LogP contribution in [0, 0.1) is 5.82 Å². The molecule has 2 atom stereocenters. The first kappa shape index (κ1) is 23.6. The molecule has 0 unspecified atom stereocenters. The number of rotatable bonds is 8. The Morgan fingerprint density at radius 3 is 2.45 bits per heavy atom. The molecule has 31 heavy (non-hydrogen) atoms. The number of hydrogen-bond acceptors (Lipinski definition) is 3. The van der Waals surface area contributed by atoms with Crippen molar-refractivity contribution >= 4 is 17.5 Å². The number of carbonyl (C=O) groups is 1. The number of para-hydroxylation sites is 1. The number of hydrogen-bond donors (Lipinski definition) is 1. The van der Waals surface area contributed by atoms with Crippen LogP contribution in [0.15, 0.2) is 42.5 Å². The Balaban J connectivity index is 1.69. The minimum absolute atomic E-state index is 0.0268. The summed E-state index contributed by atoms with van der Waals surface area (Å²) < 4.78 is 21.1. The molecule has 1 N–H and O–H groups in total. The van der Waals surface area contributed by atoms with E-state index in [4.69, 9.17) is 16.3 Å². The highest BCUT2D eigenvalue weighted by Crippen LogP contribution is 2.36. The minimum Gasteiger partial charge on any atom is -0.453 e. The normalized spacial score (nSPS) is 16.5. The molecule has 1 heterocycles. The first-order chi connectivity index (χ1) is 15.0. The van der Waals surface area contributed by atoms with Crippen LogP contribution >= 0.6 is 11.6 Å². The number of nitrogens with zero attached hydrogens (tertiary/aromatic N) is 1. The minimum atomic E-state index is -0.471. The van der Waals surface area contributed by atoms with Crippen molar-refractivity contribution in [2.75, 3.05) is 13.1 Å². The van der Waals surface area contributed by atoms with Gasteiger partial charge in [-0.1, -0.05) is 55.6 Å². The van der Waals surface area contributed by atoms with Gasteiger partial charge in [-0.15, -0.1) is 0 Å². The number of halogens is 2. The quantitative estimate of drug-likeness (QED) is 0.503. The number of benzene rings is 2. The lowest BCUT2D eigenvalue weighted by Crippen LogP contribution is -2.38. The Kier molecular flexibility index (Phi) is 8.73. The summed E-state index contributed by atoms with van der Waals surface area (Å²) in [7, 11) is 0. The summed E-state index contributed by atoms with van der Waals surface area (Å²) in [5, 5.41) is 3.66. The topological polar surface area (TPSA) is 41.6 Å². The maximum absolute atomic E-state index is 15.4. The summed E-state index contributed by atoms with van der Waals surface area (Å²) in [6.07, 6.45) is 5.61. The van der Waals surface area contributed by atoms with Gasteiger partial charge < -0.3 is 15.0 Å². The van der Waals surface area contributed by atoms with Crippen molar-refractivity contribution < 1.29 is 13.9 Å². The van der Waals surface area contributed by atoms with E-state index in [1.165, 1.54) is 12.8 Å². The second kappa shape index (κ2) is 11.5. The van der Waals surface area contributed by atoms with Crippen molar-refractivity contribution in [2.24, 2.45) is 0 Å². The second-order valence-electron chi connectivity index (χ2n) is 8.22. The smallest absolute Gasteiger partial charge is 0.224 e. The maximum atomic E-state index is 15.4. The molecule has 0 spiro atoms. The van der Waals surface area contributed by atoms with Crippen LogP contribution in [0.25, 0.3) is 0 Å². The van der Waals surface area contributed by atoms with Gasteiger partial charge >= 0.3 is 0 Å². The molecule has 2 aromatic carbocycles. The Labute approximate surface area is 189 Å². The van der Waals surface area contributed by atoms with Crippen LogP contribution in [0.3, 0.4) is 0 Å². The fraction of sp³-hybridized carbons (Fsp3) is 0.480. The molecule has 1 saturated heterocycles. The highest BCUT2D eigenvalue weighted by molar-refractivity contribution is 6.32. The standard InChI is InChI=1S/C25H32ClFN2O2/c1-3-22(28-18(2)17-23(30)29-15-9-4-5-10-16-29)20-13-14-21(26)25(24(20)27)31-19-11-7-6-8-12-19/h6-8,11-14,18,22,28H,3-5,9-10,15-17H2,1-2H3/t18-,22+/m0/s1. The summed E-state index contributed by atoms with van der Waals surface area (Å²) in [5.74, 6) is 0.250. The van der Waals surface area contributed by atoms with Crippen LogP contribution in [-0.2, 0) is 4.79 Å². The molecule has 1 amide bonds. The molecule has 168 valence electrons. The van der Waals surface area contributed by atoms with Crippen molar-refractivity contribution in [3.63, 3.8) is 0 Å². The molecule has 0 radical (unpaired) electrons. The third kappa shape index (κ3) is 6.44. The average molecular weight is 447 g/mol. The summed E-state index contributed by atoms with van der Waals surface area (Å²) in [6, 6.07) is 12.1. The lowest BCUT2D eigenvalue weighted by molar-refractivity contribution is -0.131. The lowest BCUT2D eigenvalue weighted by atomic mass is 10.0. The molecular formula is C25H32ClFN2O2. The molecule has 1 aliphatic rings. The molecule has 0 bridgehead atoms. The number of nitrogens with one attached hydrogen (secondary N) is 1. The van der Waals surface area contributed by atoms with Crippen molar-refractivity contribution in [3.05, 3.63) is 58.9 Å². The zero-order valence-electron chi connectivity index (χ0n) is 18.4. The lowest BCUT2D eigenvalue weighted by Gasteiger charge is -2.26. The molecule has 0 aliphatic carbocycles. The molecule has 1 fully saturated rings. The molecular weight excluding hydrogens is 415 g/mol. The molecule has 4 nitrogen and oxygen atoms in total. The molecule has 0 aromatic heterocycles. The van der Waals surface area contributed by atoms with Gasteiger partial charge in [0, 0.05) is 37.2 Å². The Hall–Kier alpha value is -2.11. The first-order valence-electron chi connectivity index (χ1n) is 11.2. The molecule has 0 saturated carbocycles. The van der Waals surface area contributed by atoms with Gasteiger partial charge in [-0.05, 0) is 44.4 Å². The van der Waals surface area contributed by atoms with Crippen LogP contribution in [0.5, 0.6) is 11.5 Å². The SMILES string of the molecule is CC[C@@H](N[C@@H](C)CC(=O)N1CCCCCC1)c1ccc(Cl)c(Oc2ccccc2)c1F. The first-order valence-corrected chi connectivity index (χ1v) is 11.6. The van der Waals surface area contributed by atoms with E-state index in [0.29, 0.717) is 24.2 Å². The molecule has 3 rings (SSSR count). The highest BCUT2D eigenvalue weighted by Gasteiger charge is 2.24. The average Bonchev–Trinajstić information content (AvgIpc) is 3.06. The van der Waals surface area contributed by atoms with Crippen LogP contribution in [0.2, 0.25) is 5.02 Å². The summed E-state index contributed by atoms with van der Waals surface area (Å²) in [6.45, 7) is 5.66. The van der Waals surface area contributed by atoms with Crippen molar-refractivity contribution in [2.45, 2.75) is 64.5 Å². The van der Waals surface area contributed by atoms with Crippen LogP contribution in [0.1, 0.15) is 64.0 Å². The Morgan fingerprint density at radius 2 is 1.81 bits per heavy atom. The number of amides is 1. The van der Waals surface area contributed by atoms with Gasteiger partial charge in [0.05, 0.1) is 5.02 Å². The third-order valence-corrected chi connectivity index (χ3v) is 6.05. The van der Waals surface area contributed by atoms with Gasteiger partial charge in [-0.25, -0.2) is 4.39 Å². The van der Waals surface area contributed by atoms with Gasteiger partial charge in [0.25, 0.3) is 0 Å². The summed E-state index contributed by atoms with van der Waals surface area (Å²) in [4.78, 5) is 14.7. The van der Waals surface area contributed by atoms with E-state index in [9.17, 15) is 4.79 Å². The number of likely N-dealkylation sites (tertiary alicyclic amines) is 1. The predicted octanol–water partition coefficient (Wildman–Crippen LogP) is 6.49. The van der Waals surface area contributed by atoms with E-state index in [1.807, 2.05) is 36.9 Å². The van der Waals surface area contributed by atoms with Gasteiger partial charge in [0.2, 0.25) is 5.91 Å². The van der Waals surface area contributed by atoms with E-state index >= 15 is 4.39 Å². The van der Waals surface area contributed by atoms with Gasteiger partial charge in [-0.2, -0.15) is 0 Å². The van der Waals surface area contributed by atoms with E-state index in [-0.39, 0.29) is 28.8 Å². The number of carbonyl (C=O) groups excluding carboxylic acids is 1. The summed E-state index contributed by atoms with van der Waals surface area (Å²) >= 11 is 6.24. The van der Waals surface area contributed by atoms with Gasteiger partial charge in [-0.3, -0.25) is 4.79 Å². The second-order valence-corrected chi connectivity index (χ2v) is 8.63. The number of ether oxygens (including phenoxy) is 1. The van der Waals surface area contributed by atoms with E-state index in [0.717, 1.165) is 25.9 Å². The molecule has 1 aliphatic heterocycles. The fourth-order valence-electron chi connectivity index (χ4n) is 4.06. The Morgan fingerprint density at radius 1 is 1.13 bits per heavy atom. The van der Waals surface area contributed by atoms with Crippen LogP contribution in [-0.4, -0.2) is 29.9 Å². The van der Waals surface area contributed by atoms with Crippen molar-refractivity contribution in [1.29, 1.82) is 0 Å². The largest absolute Gasteiger partial charge is 0.453 e. The predicted molar refractivity (Wildman–Crippen MR) is 123 cm³/mol. The highest BCUT2D eigenvalue weighted by atomic mass is 35.5. The van der Waals surface area contributed by atoms with Gasteiger partial charge in [0.1, 0.15) is 5.75 Å². The zero-order chi connectivity index (χ0) is 22.2. The van der Waals surface area contributed by atoms with Crippen LogP contribution < -0.4 is 10.1 Å². The zero-order valence-corrected chi connectivity index (χ0v) is 19.1. The van der Waals surface area contributed by atoms with Crippen LogP contribution in [0.4, 0.5) is 4.39 Å². The third-order valence-electron chi connectivity index (χ3n) is 5.75. The molecule has 6 heteroatoms. The summed E-state index contributed by atoms with van der Waals surface area (Å²) in [5.41, 5.74) is 0.493.